The Balaban J connectivity index is 0.00000110. The first kappa shape index (κ1) is 70.2. The Morgan fingerprint density at radius 3 is 2.00 bits per heavy atom. The number of aromatic carboxylic acids is 1. The van der Waals surface area contributed by atoms with Crippen LogP contribution in [0.4, 0.5) is 0 Å². The molecule has 3 atom stereocenters. The average Bonchev–Trinajstić information content (AvgIpc) is 3.49. The maximum atomic E-state index is 12.6. The molecule has 8 rings (SSSR count). The van der Waals surface area contributed by atoms with Gasteiger partial charge in [0.05, 0.1) is 42.3 Å². The van der Waals surface area contributed by atoms with Crippen molar-refractivity contribution in [1.82, 2.24) is 0 Å². The zero-order chi connectivity index (χ0) is 50.0. The van der Waals surface area contributed by atoms with E-state index < -0.39 is 43.9 Å². The van der Waals surface area contributed by atoms with Gasteiger partial charge in [-0.1, -0.05) is 85.9 Å². The molecule has 4 aliphatic heterocycles. The molecule has 4 aromatic rings. The number of ether oxygens (including phenoxy) is 3. The van der Waals surface area contributed by atoms with Crippen LogP contribution in [0.3, 0.4) is 0 Å². The number of hydrogen-bond acceptors (Lipinski definition) is 17. The Kier molecular flexibility index (Phi) is 29.7. The molecule has 18 nitrogen and oxygen atoms in total. The minimum atomic E-state index is -2.85. The van der Waals surface area contributed by atoms with E-state index in [0.29, 0.717) is 36.4 Å². The molecule has 1 saturated heterocycles. The van der Waals surface area contributed by atoms with E-state index in [9.17, 15) is 34.6 Å². The molecule has 378 valence electrons. The van der Waals surface area contributed by atoms with Crippen molar-refractivity contribution in [2.24, 2.45) is 0 Å². The summed E-state index contributed by atoms with van der Waals surface area (Å²) in [6.07, 6.45) is 3.53. The van der Waals surface area contributed by atoms with E-state index in [2.05, 4.69) is 0 Å². The number of nitriles is 1. The summed E-state index contributed by atoms with van der Waals surface area (Å²) in [5.41, 5.74) is 3.30. The number of cyclic esters (lactones) is 1. The summed E-state index contributed by atoms with van der Waals surface area (Å²) >= 11 is 0. The third kappa shape index (κ3) is 18.4. The largest absolute Gasteiger partial charge is 1.00 e. The molecule has 73 heavy (non-hydrogen) atoms. The maximum Gasteiger partial charge on any atom is 1.00 e. The van der Waals surface area contributed by atoms with E-state index in [1.165, 1.54) is 13.0 Å². The second-order valence-electron chi connectivity index (χ2n) is 18.3. The maximum absolute atomic E-state index is 12.6. The van der Waals surface area contributed by atoms with E-state index in [4.69, 9.17) is 43.2 Å². The topological polar surface area (TPSA) is 301 Å². The number of aliphatic hydroxyl groups excluding tert-OH is 1. The number of carboxylic acid groups (broad SMARTS) is 1. The van der Waals surface area contributed by atoms with Crippen LogP contribution >= 0.6 is 0 Å². The van der Waals surface area contributed by atoms with Gasteiger partial charge >= 0.3 is 122 Å². The third-order valence-corrected chi connectivity index (χ3v) is 12.3. The van der Waals surface area contributed by atoms with Gasteiger partial charge in [-0.3, -0.25) is 0 Å². The molecule has 0 radical (unpaired) electrons. The molecule has 3 unspecified atom stereocenters. The molecule has 4 heterocycles. The minimum absolute atomic E-state index is 0. The van der Waals surface area contributed by atoms with Crippen molar-refractivity contribution in [1.29, 1.82) is 5.26 Å². The predicted molar refractivity (Wildman–Crippen MR) is 258 cm³/mol. The number of fused-ring (bicyclic) bond motifs is 3. The standard InChI is InChI=1S/C26H33BO6.C11H13BO4.C10H11BO5.C2H3N.3Na.2H2O/c1-24(2)25(3,4)33-27(32-24)15-19(17-29-16-18-11-8-7-9-12-18)20-13-10-14-21-22(20)30-26(5,6)31-23(21)28;1-2-8-6-12(14,15)16-11-9(7-13)4-3-5-10(8)11;12-5-6-4-11(15)16-9-7(6)2-1-3-8(9)10(13)14;1-2-3;;;;;/h7-14,19H,15-17H2,1-6H3;3-5,8,14-15H,2,6H2,1H3;1-3,6,12,15H,4-5H2,(H,13,14);1H3;;;;2*1H2/q;-2;;;3*+1;;/p-2. The molecule has 0 aliphatic carbocycles. The van der Waals surface area contributed by atoms with Gasteiger partial charge < -0.3 is 73.9 Å². The fourth-order valence-corrected chi connectivity index (χ4v) is 8.28. The molecule has 0 saturated carbocycles. The summed E-state index contributed by atoms with van der Waals surface area (Å²) in [7, 11) is -1.47. The zero-order valence-corrected chi connectivity index (χ0v) is 49.7. The zero-order valence-electron chi connectivity index (χ0n) is 43.7. The van der Waals surface area contributed by atoms with Crippen molar-refractivity contribution in [3.63, 3.8) is 0 Å². The van der Waals surface area contributed by atoms with Gasteiger partial charge in [0.15, 0.2) is 0 Å². The number of carbonyl (C=O) groups excluding carboxylic acids is 2. The van der Waals surface area contributed by atoms with Gasteiger partial charge in [-0.25, -0.2) is 9.59 Å². The van der Waals surface area contributed by atoms with Crippen molar-refractivity contribution < 1.29 is 172 Å². The molecule has 0 bridgehead atoms. The van der Waals surface area contributed by atoms with E-state index in [0.717, 1.165) is 23.1 Å². The van der Waals surface area contributed by atoms with Crippen LogP contribution in [0.1, 0.15) is 128 Å². The first-order valence-corrected chi connectivity index (χ1v) is 22.5. The smallest absolute Gasteiger partial charge is 0.870 e. The van der Waals surface area contributed by atoms with Crippen molar-refractivity contribution in [2.45, 2.75) is 122 Å². The molecule has 0 spiro atoms. The second-order valence-corrected chi connectivity index (χ2v) is 18.3. The van der Waals surface area contributed by atoms with Gasteiger partial charge in [0.2, 0.25) is 5.79 Å². The van der Waals surface area contributed by atoms with Gasteiger partial charge in [0.1, 0.15) is 17.1 Å². The number of hydrogen-bond donors (Lipinski definition) is 5. The summed E-state index contributed by atoms with van der Waals surface area (Å²) in [5.74, 6) is -1.95. The van der Waals surface area contributed by atoms with Gasteiger partial charge in [-0.2, -0.15) is 11.3 Å². The van der Waals surface area contributed by atoms with E-state index >= 15 is 0 Å². The SMILES string of the molecule is CC#N.CC1(C)OC(=O)c2cccc(C(COCc3ccccc3)CB3OC(C)(C)C(C)(C)O3)c2O1.CCC1C[B-](O)(O)Oc2c([C-]=O)cccc21.O=C(O)c1cccc2c1OB(O)CC2CO.[Na+].[Na+].[Na+].[OH-].[OH-]. The van der Waals surface area contributed by atoms with Crippen LogP contribution in [-0.4, -0.2) is 106 Å². The van der Waals surface area contributed by atoms with E-state index in [1.807, 2.05) is 83.1 Å². The van der Waals surface area contributed by atoms with Crippen LogP contribution in [0.15, 0.2) is 84.9 Å². The van der Waals surface area contributed by atoms with Crippen LogP contribution in [0.2, 0.25) is 19.0 Å². The van der Waals surface area contributed by atoms with Crippen molar-refractivity contribution in [3.8, 4) is 23.3 Å². The number of para-hydroxylation sites is 3. The van der Waals surface area contributed by atoms with Crippen molar-refractivity contribution >= 4 is 39.2 Å². The Morgan fingerprint density at radius 2 is 1.44 bits per heavy atom. The Labute approximate surface area is 494 Å². The van der Waals surface area contributed by atoms with Crippen LogP contribution in [-0.2, 0) is 30.2 Å². The molecule has 0 amide bonds. The summed E-state index contributed by atoms with van der Waals surface area (Å²) in [6, 6.07) is 27.2. The molecular formula is C49H62B3NNa3O17-. The van der Waals surface area contributed by atoms with Crippen LogP contribution in [0, 0.1) is 11.3 Å². The Bertz CT molecular complexity index is 2430. The average molecular weight is 1040 g/mol. The fraction of sp³-hybridized carbons (Fsp3) is 0.429. The van der Waals surface area contributed by atoms with Gasteiger partial charge in [-0.15, -0.1) is 11.6 Å². The molecule has 4 aliphatic rings. The van der Waals surface area contributed by atoms with Crippen molar-refractivity contribution in [3.05, 3.63) is 124 Å². The van der Waals surface area contributed by atoms with Crippen molar-refractivity contribution in [2.75, 3.05) is 13.2 Å². The normalized spacial score (nSPS) is 18.6. The quantitative estimate of drug-likeness (QED) is 0.0607. The number of rotatable bonds is 11. The van der Waals surface area contributed by atoms with Crippen LogP contribution in [0.5, 0.6) is 17.2 Å². The van der Waals surface area contributed by atoms with Crippen LogP contribution in [0.25, 0.3) is 0 Å². The Hall–Kier alpha value is -2.79. The summed E-state index contributed by atoms with van der Waals surface area (Å²) in [4.78, 5) is 34.3. The number of nitrogens with zero attached hydrogens (tertiary/aromatic N) is 1. The number of aliphatic hydroxyl groups is 1. The molecular weight excluding hydrogens is 976 g/mol. The summed E-state index contributed by atoms with van der Waals surface area (Å²) < 4.78 is 40.4. The molecule has 7 N–H and O–H groups in total. The number of esters is 1. The molecule has 0 aromatic heterocycles. The van der Waals surface area contributed by atoms with E-state index in [-0.39, 0.29) is 165 Å². The van der Waals surface area contributed by atoms with Gasteiger partial charge in [0, 0.05) is 51.1 Å². The molecule has 4 aromatic carbocycles. The predicted octanol–water partition coefficient (Wildman–Crippen LogP) is -2.16. The summed E-state index contributed by atoms with van der Waals surface area (Å²) in [6.45, 7) is 13.0. The monoisotopic (exact) mass is 1040 g/mol. The number of carboxylic acids is 1. The molecule has 1 fully saturated rings. The number of carbonyl (C=O) groups is 2. The third-order valence-electron chi connectivity index (χ3n) is 12.3. The number of benzene rings is 4. The first-order valence-electron chi connectivity index (χ1n) is 22.5. The minimum Gasteiger partial charge on any atom is -0.870 e. The summed E-state index contributed by atoms with van der Waals surface area (Å²) in [5, 5.41) is 54.1. The molecule has 24 heteroatoms. The van der Waals surface area contributed by atoms with Crippen LogP contribution < -0.4 is 103 Å². The fourth-order valence-electron chi connectivity index (χ4n) is 8.28. The van der Waals surface area contributed by atoms with E-state index in [1.54, 1.807) is 56.5 Å². The Morgan fingerprint density at radius 1 is 0.863 bits per heavy atom. The van der Waals surface area contributed by atoms with Gasteiger partial charge in [-0.05, 0) is 68.9 Å². The first-order chi connectivity index (χ1) is 32.1. The second kappa shape index (κ2) is 30.8. The van der Waals surface area contributed by atoms with Gasteiger partial charge in [0.25, 0.3) is 0 Å².